The van der Waals surface area contributed by atoms with Gasteiger partial charge in [0.15, 0.2) is 0 Å². The van der Waals surface area contributed by atoms with Crippen LogP contribution in [-0.4, -0.2) is 26.3 Å². The van der Waals surface area contributed by atoms with Crippen molar-refractivity contribution >= 4 is 11.3 Å². The molecule has 0 fully saturated rings. The van der Waals surface area contributed by atoms with E-state index in [9.17, 15) is 5.11 Å². The molecule has 0 aliphatic rings. The van der Waals surface area contributed by atoms with Gasteiger partial charge in [-0.3, -0.25) is 4.98 Å². The number of hydrogen-bond acceptors (Lipinski definition) is 6. The second kappa shape index (κ2) is 5.18. The first-order valence-corrected chi connectivity index (χ1v) is 6.07. The maximum absolute atomic E-state index is 9.60. The van der Waals surface area contributed by atoms with Gasteiger partial charge in [-0.1, -0.05) is 18.5 Å². The van der Waals surface area contributed by atoms with Gasteiger partial charge in [0.1, 0.15) is 0 Å². The van der Waals surface area contributed by atoms with E-state index in [0.717, 1.165) is 17.7 Å². The third-order valence-corrected chi connectivity index (χ3v) is 2.92. The van der Waals surface area contributed by atoms with Crippen molar-refractivity contribution in [2.24, 2.45) is 0 Å². The van der Waals surface area contributed by atoms with Crippen molar-refractivity contribution in [2.75, 3.05) is 0 Å². The average Bonchev–Trinajstić information content (AvgIpc) is 2.86. The summed E-state index contributed by atoms with van der Waals surface area (Å²) in [6.45, 7) is 2.03. The Morgan fingerprint density at radius 3 is 3.12 bits per heavy atom. The van der Waals surface area contributed by atoms with E-state index in [0.29, 0.717) is 18.1 Å². The first kappa shape index (κ1) is 11.2. The Morgan fingerprint density at radius 2 is 2.44 bits per heavy atom. The summed E-state index contributed by atoms with van der Waals surface area (Å²) < 4.78 is 5.06. The molecule has 86 valence electrons. The molecule has 0 aromatic carbocycles. The molecule has 2 aromatic heterocycles. The van der Waals surface area contributed by atoms with E-state index < -0.39 is 6.10 Å². The van der Waals surface area contributed by atoms with Crippen LogP contribution in [0.15, 0.2) is 16.2 Å². The van der Waals surface area contributed by atoms with Gasteiger partial charge >= 0.3 is 0 Å². The molecule has 0 bridgehead atoms. The van der Waals surface area contributed by atoms with Crippen molar-refractivity contribution < 1.29 is 9.63 Å². The van der Waals surface area contributed by atoms with Crippen LogP contribution >= 0.6 is 11.3 Å². The Hall–Kier alpha value is -1.27. The second-order valence-corrected chi connectivity index (χ2v) is 4.41. The summed E-state index contributed by atoms with van der Waals surface area (Å²) in [5.74, 6) is 1.02. The number of aliphatic hydroxyl groups is 1. The van der Waals surface area contributed by atoms with Crippen LogP contribution in [0.2, 0.25) is 0 Å². The number of nitrogens with zero attached hydrogens (tertiary/aromatic N) is 3. The van der Waals surface area contributed by atoms with Gasteiger partial charge in [-0.05, 0) is 6.42 Å². The van der Waals surface area contributed by atoms with Gasteiger partial charge < -0.3 is 9.63 Å². The van der Waals surface area contributed by atoms with Crippen LogP contribution in [0.25, 0.3) is 10.7 Å². The minimum absolute atomic E-state index is 0.403. The normalized spacial score (nSPS) is 12.9. The van der Waals surface area contributed by atoms with E-state index >= 15 is 0 Å². The molecule has 0 amide bonds. The van der Waals surface area contributed by atoms with Crippen LogP contribution < -0.4 is 0 Å². The summed E-state index contributed by atoms with van der Waals surface area (Å²) in [6.07, 6.45) is 3.40. The van der Waals surface area contributed by atoms with Crippen molar-refractivity contribution in [1.82, 2.24) is 15.1 Å². The summed E-state index contributed by atoms with van der Waals surface area (Å²) >= 11 is 1.46. The van der Waals surface area contributed by atoms with E-state index in [2.05, 4.69) is 15.1 Å². The molecule has 1 N–H and O–H groups in total. The molecule has 5 nitrogen and oxygen atoms in total. The zero-order valence-electron chi connectivity index (χ0n) is 8.96. The first-order valence-electron chi connectivity index (χ1n) is 5.19. The smallest absolute Gasteiger partial charge is 0.229 e. The zero-order chi connectivity index (χ0) is 11.4. The van der Waals surface area contributed by atoms with E-state index in [1.807, 2.05) is 6.92 Å². The molecule has 1 atom stereocenters. The minimum atomic E-state index is -0.403. The monoisotopic (exact) mass is 239 g/mol. The Morgan fingerprint density at radius 1 is 1.56 bits per heavy atom. The Labute approximate surface area is 97.2 Å². The lowest BCUT2D eigenvalue weighted by Gasteiger charge is -2.03. The van der Waals surface area contributed by atoms with Crippen molar-refractivity contribution in [2.45, 2.75) is 32.3 Å². The highest BCUT2D eigenvalue weighted by Gasteiger charge is 2.13. The molecule has 1 unspecified atom stereocenters. The lowest BCUT2D eigenvalue weighted by Crippen LogP contribution is -2.09. The molecule has 0 aliphatic heterocycles. The number of thiazole rings is 1. The van der Waals surface area contributed by atoms with Crippen LogP contribution in [0, 0.1) is 0 Å². The van der Waals surface area contributed by atoms with Crippen LogP contribution in [0.3, 0.4) is 0 Å². The molecule has 0 radical (unpaired) electrons. The van der Waals surface area contributed by atoms with Gasteiger partial charge in [-0.15, -0.1) is 11.3 Å². The van der Waals surface area contributed by atoms with Gasteiger partial charge in [-0.2, -0.15) is 4.98 Å². The molecule has 2 aromatic rings. The fourth-order valence-corrected chi connectivity index (χ4v) is 1.95. The van der Waals surface area contributed by atoms with Crippen molar-refractivity contribution in [3.8, 4) is 10.7 Å². The Balaban J connectivity index is 2.03. The molecular weight excluding hydrogens is 226 g/mol. The maximum atomic E-state index is 9.60. The minimum Gasteiger partial charge on any atom is -0.393 e. The molecule has 6 heteroatoms. The van der Waals surface area contributed by atoms with Gasteiger partial charge in [-0.25, -0.2) is 0 Å². The Bertz CT molecular complexity index is 427. The summed E-state index contributed by atoms with van der Waals surface area (Å²) in [6, 6.07) is 0. The van der Waals surface area contributed by atoms with Crippen molar-refractivity contribution in [3.05, 3.63) is 17.6 Å². The Kier molecular flexibility index (Phi) is 3.63. The topological polar surface area (TPSA) is 72.0 Å². The summed E-state index contributed by atoms with van der Waals surface area (Å²) in [7, 11) is 0. The molecule has 16 heavy (non-hydrogen) atoms. The highest BCUT2D eigenvalue weighted by Crippen LogP contribution is 2.20. The summed E-state index contributed by atoms with van der Waals surface area (Å²) in [5.41, 5.74) is 1.72. The standard InChI is InChI=1S/C10H13N3O2S/c1-2-3-7(14)4-9-12-10(13-15-9)8-5-11-6-16-8/h5-7,14H,2-4H2,1H3. The fourth-order valence-electron chi connectivity index (χ4n) is 1.40. The number of hydrogen-bond donors (Lipinski definition) is 1. The van der Waals surface area contributed by atoms with E-state index in [-0.39, 0.29) is 0 Å². The van der Waals surface area contributed by atoms with Gasteiger partial charge in [0.2, 0.25) is 11.7 Å². The number of aromatic nitrogens is 3. The second-order valence-electron chi connectivity index (χ2n) is 3.52. The molecule has 0 saturated carbocycles. The van der Waals surface area contributed by atoms with Gasteiger partial charge in [0.05, 0.1) is 22.9 Å². The highest BCUT2D eigenvalue weighted by atomic mass is 32.1. The van der Waals surface area contributed by atoms with Crippen LogP contribution in [0.4, 0.5) is 0 Å². The molecule has 0 aliphatic carbocycles. The predicted octanol–water partition coefficient (Wildman–Crippen LogP) is 1.90. The fraction of sp³-hybridized carbons (Fsp3) is 0.500. The third-order valence-electron chi connectivity index (χ3n) is 2.15. The van der Waals surface area contributed by atoms with Crippen molar-refractivity contribution in [1.29, 1.82) is 0 Å². The van der Waals surface area contributed by atoms with Crippen LogP contribution in [0.5, 0.6) is 0 Å². The van der Waals surface area contributed by atoms with Crippen LogP contribution in [-0.2, 0) is 6.42 Å². The molecule has 2 heterocycles. The van der Waals surface area contributed by atoms with E-state index in [4.69, 9.17) is 4.52 Å². The van der Waals surface area contributed by atoms with E-state index in [1.165, 1.54) is 11.3 Å². The van der Waals surface area contributed by atoms with Crippen molar-refractivity contribution in [3.63, 3.8) is 0 Å². The molecule has 2 rings (SSSR count). The zero-order valence-corrected chi connectivity index (χ0v) is 9.78. The number of aliphatic hydroxyl groups excluding tert-OH is 1. The lowest BCUT2D eigenvalue weighted by molar-refractivity contribution is 0.152. The average molecular weight is 239 g/mol. The molecular formula is C10H13N3O2S. The first-order chi connectivity index (χ1) is 7.79. The quantitative estimate of drug-likeness (QED) is 0.862. The predicted molar refractivity (Wildman–Crippen MR) is 60.0 cm³/mol. The maximum Gasteiger partial charge on any atom is 0.229 e. The lowest BCUT2D eigenvalue weighted by atomic mass is 10.1. The highest BCUT2D eigenvalue weighted by molar-refractivity contribution is 7.13. The largest absolute Gasteiger partial charge is 0.393 e. The molecule has 0 saturated heterocycles. The summed E-state index contributed by atoms with van der Waals surface area (Å²) in [4.78, 5) is 9.03. The SMILES string of the molecule is CCCC(O)Cc1nc(-c2cncs2)no1. The van der Waals surface area contributed by atoms with Crippen LogP contribution in [0.1, 0.15) is 25.7 Å². The number of rotatable bonds is 5. The third kappa shape index (κ3) is 2.65. The van der Waals surface area contributed by atoms with E-state index in [1.54, 1.807) is 11.7 Å². The van der Waals surface area contributed by atoms with Gasteiger partial charge in [0, 0.05) is 6.20 Å². The summed E-state index contributed by atoms with van der Waals surface area (Å²) in [5, 5.41) is 13.4. The molecule has 0 spiro atoms. The van der Waals surface area contributed by atoms with Gasteiger partial charge in [0.25, 0.3) is 0 Å².